The molecule has 0 fully saturated rings. The predicted octanol–water partition coefficient (Wildman–Crippen LogP) is 3.04. The van der Waals surface area contributed by atoms with Crippen LogP contribution in [0.25, 0.3) is 5.65 Å². The first-order valence-electron chi connectivity index (χ1n) is 6.25. The van der Waals surface area contributed by atoms with E-state index in [2.05, 4.69) is 25.6 Å². The summed E-state index contributed by atoms with van der Waals surface area (Å²) >= 11 is 6.08. The summed E-state index contributed by atoms with van der Waals surface area (Å²) in [5.74, 6) is 1.69. The Morgan fingerprint density at radius 3 is 2.80 bits per heavy atom. The molecule has 7 heteroatoms. The van der Waals surface area contributed by atoms with Crippen LogP contribution in [0.3, 0.4) is 0 Å². The third kappa shape index (κ3) is 2.30. The van der Waals surface area contributed by atoms with E-state index in [1.54, 1.807) is 16.8 Å². The first kappa shape index (κ1) is 12.8. The van der Waals surface area contributed by atoms with Crippen molar-refractivity contribution >= 4 is 28.8 Å². The molecular formula is C13H13ClN6. The lowest BCUT2D eigenvalue weighted by Crippen LogP contribution is -2.03. The van der Waals surface area contributed by atoms with Gasteiger partial charge in [0, 0.05) is 18.2 Å². The molecule has 0 aromatic carbocycles. The molecule has 20 heavy (non-hydrogen) atoms. The van der Waals surface area contributed by atoms with Gasteiger partial charge in [0.2, 0.25) is 5.65 Å². The largest absolute Gasteiger partial charge is 0.337 e. The Hall–Kier alpha value is -2.21. The van der Waals surface area contributed by atoms with Crippen LogP contribution in [0, 0.1) is 0 Å². The topological polar surface area (TPSA) is 68.0 Å². The zero-order valence-corrected chi connectivity index (χ0v) is 11.8. The summed E-state index contributed by atoms with van der Waals surface area (Å²) in [6.45, 7) is 4.07. The van der Waals surface area contributed by atoms with Crippen LogP contribution >= 0.6 is 11.6 Å². The van der Waals surface area contributed by atoms with Crippen LogP contribution in [-0.4, -0.2) is 24.8 Å². The van der Waals surface area contributed by atoms with Gasteiger partial charge in [0.25, 0.3) is 0 Å². The Morgan fingerprint density at radius 2 is 2.10 bits per heavy atom. The van der Waals surface area contributed by atoms with Crippen molar-refractivity contribution in [1.29, 1.82) is 0 Å². The Labute approximate surface area is 120 Å². The first-order valence-corrected chi connectivity index (χ1v) is 6.63. The normalized spacial score (nSPS) is 11.2. The third-order valence-electron chi connectivity index (χ3n) is 2.81. The molecule has 0 saturated heterocycles. The monoisotopic (exact) mass is 288 g/mol. The molecule has 102 valence electrons. The predicted molar refractivity (Wildman–Crippen MR) is 77.4 cm³/mol. The van der Waals surface area contributed by atoms with Crippen molar-refractivity contribution in [2.24, 2.45) is 0 Å². The summed E-state index contributed by atoms with van der Waals surface area (Å²) in [7, 11) is 0. The van der Waals surface area contributed by atoms with Gasteiger partial charge in [0.1, 0.15) is 5.82 Å². The van der Waals surface area contributed by atoms with E-state index in [-0.39, 0.29) is 5.92 Å². The second-order valence-electron chi connectivity index (χ2n) is 4.67. The van der Waals surface area contributed by atoms with Crippen molar-refractivity contribution < 1.29 is 0 Å². The van der Waals surface area contributed by atoms with E-state index in [0.29, 0.717) is 16.6 Å². The van der Waals surface area contributed by atoms with Gasteiger partial charge in [-0.25, -0.2) is 4.98 Å². The van der Waals surface area contributed by atoms with Crippen LogP contribution in [0.5, 0.6) is 0 Å². The van der Waals surface area contributed by atoms with Crippen molar-refractivity contribution in [2.45, 2.75) is 19.8 Å². The SMILES string of the molecule is CC(C)c1nnc2c(Nc3ccccn3)cc(Cl)nn12. The third-order valence-corrected chi connectivity index (χ3v) is 2.99. The maximum Gasteiger partial charge on any atom is 0.201 e. The summed E-state index contributed by atoms with van der Waals surface area (Å²) in [5.41, 5.74) is 1.35. The summed E-state index contributed by atoms with van der Waals surface area (Å²) in [6, 6.07) is 7.34. The van der Waals surface area contributed by atoms with Gasteiger partial charge in [0.05, 0.1) is 5.69 Å². The van der Waals surface area contributed by atoms with E-state index >= 15 is 0 Å². The van der Waals surface area contributed by atoms with Gasteiger partial charge in [-0.1, -0.05) is 31.5 Å². The fourth-order valence-electron chi connectivity index (χ4n) is 1.89. The van der Waals surface area contributed by atoms with Crippen molar-refractivity contribution in [3.05, 3.63) is 41.4 Å². The first-order chi connectivity index (χ1) is 9.65. The van der Waals surface area contributed by atoms with E-state index in [0.717, 1.165) is 11.5 Å². The van der Waals surface area contributed by atoms with Gasteiger partial charge in [-0.2, -0.15) is 9.61 Å². The van der Waals surface area contributed by atoms with Gasteiger partial charge in [0.15, 0.2) is 11.0 Å². The van der Waals surface area contributed by atoms with Gasteiger partial charge >= 0.3 is 0 Å². The van der Waals surface area contributed by atoms with Gasteiger partial charge in [-0.15, -0.1) is 10.2 Å². The van der Waals surface area contributed by atoms with Crippen LogP contribution in [-0.2, 0) is 0 Å². The molecule has 0 saturated carbocycles. The summed E-state index contributed by atoms with van der Waals surface area (Å²) in [4.78, 5) is 4.22. The second kappa shape index (κ2) is 5.05. The molecule has 0 amide bonds. The fraction of sp³-hybridized carbons (Fsp3) is 0.231. The number of hydrogen-bond donors (Lipinski definition) is 1. The van der Waals surface area contributed by atoms with Gasteiger partial charge in [-0.05, 0) is 12.1 Å². The molecule has 0 radical (unpaired) electrons. The van der Waals surface area contributed by atoms with Gasteiger partial charge in [-0.3, -0.25) is 0 Å². The number of anilines is 2. The number of fused-ring (bicyclic) bond motifs is 1. The number of hydrogen-bond acceptors (Lipinski definition) is 5. The van der Waals surface area contributed by atoms with Crippen LogP contribution in [0.4, 0.5) is 11.5 Å². The summed E-state index contributed by atoms with van der Waals surface area (Å²) in [6.07, 6.45) is 1.71. The number of aromatic nitrogens is 5. The molecule has 0 unspecified atom stereocenters. The highest BCUT2D eigenvalue weighted by molar-refractivity contribution is 6.29. The molecular weight excluding hydrogens is 276 g/mol. The lowest BCUT2D eigenvalue weighted by atomic mass is 10.2. The van der Waals surface area contributed by atoms with E-state index in [1.165, 1.54) is 0 Å². The lowest BCUT2D eigenvalue weighted by molar-refractivity contribution is 0.721. The molecule has 0 bridgehead atoms. The van der Waals surface area contributed by atoms with Crippen molar-refractivity contribution in [3.8, 4) is 0 Å². The zero-order valence-electron chi connectivity index (χ0n) is 11.1. The molecule has 3 rings (SSSR count). The molecule has 0 aliphatic carbocycles. The maximum absolute atomic E-state index is 6.08. The summed E-state index contributed by atoms with van der Waals surface area (Å²) in [5, 5.41) is 16.2. The standard InChI is InChI=1S/C13H13ClN6/c1-8(2)12-17-18-13-9(7-10(14)19-20(12)13)16-11-5-3-4-6-15-11/h3-8H,1-2H3,(H,15,16). The van der Waals surface area contributed by atoms with Gasteiger partial charge < -0.3 is 5.32 Å². The highest BCUT2D eigenvalue weighted by Crippen LogP contribution is 2.24. The van der Waals surface area contributed by atoms with Crippen LogP contribution < -0.4 is 5.32 Å². The zero-order chi connectivity index (χ0) is 14.1. The van der Waals surface area contributed by atoms with E-state index in [4.69, 9.17) is 11.6 Å². The minimum Gasteiger partial charge on any atom is -0.337 e. The van der Waals surface area contributed by atoms with E-state index in [1.807, 2.05) is 32.0 Å². The number of pyridine rings is 1. The minimum atomic E-state index is 0.207. The lowest BCUT2D eigenvalue weighted by Gasteiger charge is -2.07. The fourth-order valence-corrected chi connectivity index (χ4v) is 2.08. The van der Waals surface area contributed by atoms with E-state index in [9.17, 15) is 0 Å². The molecule has 3 aromatic rings. The Kier molecular flexibility index (Phi) is 3.23. The second-order valence-corrected chi connectivity index (χ2v) is 5.06. The average molecular weight is 289 g/mol. The van der Waals surface area contributed by atoms with Crippen molar-refractivity contribution in [2.75, 3.05) is 5.32 Å². The molecule has 0 aliphatic rings. The quantitative estimate of drug-likeness (QED) is 0.802. The molecule has 0 atom stereocenters. The van der Waals surface area contributed by atoms with E-state index < -0.39 is 0 Å². The Balaban J connectivity index is 2.11. The molecule has 0 aliphatic heterocycles. The number of halogens is 1. The minimum absolute atomic E-state index is 0.207. The van der Waals surface area contributed by atoms with Crippen molar-refractivity contribution in [3.63, 3.8) is 0 Å². The average Bonchev–Trinajstić information content (AvgIpc) is 2.83. The number of nitrogens with zero attached hydrogens (tertiary/aromatic N) is 5. The van der Waals surface area contributed by atoms with Crippen molar-refractivity contribution in [1.82, 2.24) is 24.8 Å². The Bertz CT molecular complexity index is 737. The van der Waals surface area contributed by atoms with Crippen LogP contribution in [0.15, 0.2) is 30.5 Å². The number of rotatable bonds is 3. The molecule has 3 heterocycles. The summed E-state index contributed by atoms with van der Waals surface area (Å²) < 4.78 is 1.66. The molecule has 0 spiro atoms. The highest BCUT2D eigenvalue weighted by Gasteiger charge is 2.15. The number of nitrogens with one attached hydrogen (secondary N) is 1. The highest BCUT2D eigenvalue weighted by atomic mass is 35.5. The smallest absolute Gasteiger partial charge is 0.201 e. The van der Waals surface area contributed by atoms with Crippen LogP contribution in [0.2, 0.25) is 5.15 Å². The Morgan fingerprint density at radius 1 is 1.25 bits per heavy atom. The molecule has 1 N–H and O–H groups in total. The molecule has 3 aromatic heterocycles. The maximum atomic E-state index is 6.08. The van der Waals surface area contributed by atoms with Crippen LogP contribution in [0.1, 0.15) is 25.6 Å². The molecule has 6 nitrogen and oxygen atoms in total.